The first-order chi connectivity index (χ1) is 9.22. The fourth-order valence-electron chi connectivity index (χ4n) is 3.70. The maximum Gasteiger partial charge on any atom is 0.150 e. The predicted molar refractivity (Wildman–Crippen MR) is 79.2 cm³/mol. The summed E-state index contributed by atoms with van der Waals surface area (Å²) in [5.41, 5.74) is 2.37. The van der Waals surface area contributed by atoms with Crippen molar-refractivity contribution in [2.24, 2.45) is 5.41 Å². The van der Waals surface area contributed by atoms with Gasteiger partial charge in [0.15, 0.2) is 0 Å². The number of piperidine rings is 1. The Hall–Kier alpha value is -1.02. The lowest BCUT2D eigenvalue weighted by atomic mass is 9.77. The second kappa shape index (κ2) is 5.16. The summed E-state index contributed by atoms with van der Waals surface area (Å²) in [5, 5.41) is 0.701. The molecule has 0 N–H and O–H groups in total. The summed E-state index contributed by atoms with van der Waals surface area (Å²) in [5.74, 6) is 0. The number of halogens is 1. The molecule has 0 bridgehead atoms. The number of rotatable bonds is 2. The Balaban J connectivity index is 1.72. The van der Waals surface area contributed by atoms with Crippen molar-refractivity contribution < 1.29 is 4.79 Å². The first kappa shape index (κ1) is 13.0. The lowest BCUT2D eigenvalue weighted by Crippen LogP contribution is -2.39. The van der Waals surface area contributed by atoms with Gasteiger partial charge in [-0.25, -0.2) is 0 Å². The lowest BCUT2D eigenvalue weighted by molar-refractivity contribution is 0.112. The summed E-state index contributed by atoms with van der Waals surface area (Å²) in [7, 11) is 0. The van der Waals surface area contributed by atoms with E-state index in [9.17, 15) is 4.79 Å². The summed E-state index contributed by atoms with van der Waals surface area (Å²) < 4.78 is 0. The zero-order valence-electron chi connectivity index (χ0n) is 11.2. The molecule has 3 rings (SSSR count). The van der Waals surface area contributed by atoms with Gasteiger partial charge in [-0.2, -0.15) is 0 Å². The third-order valence-electron chi connectivity index (χ3n) is 4.94. The number of hydrogen-bond donors (Lipinski definition) is 0. The standard InChI is InChI=1S/C16H20ClNO/c17-14-11-13(12-19)3-4-15(14)18-9-7-16(8-10-18)5-1-2-6-16/h3-4,11-12H,1-2,5-10H2. The van der Waals surface area contributed by atoms with Gasteiger partial charge in [0.25, 0.3) is 0 Å². The molecule has 1 aromatic carbocycles. The fourth-order valence-corrected chi connectivity index (χ4v) is 4.01. The number of aldehydes is 1. The number of carbonyl (C=O) groups is 1. The molecular formula is C16H20ClNO. The molecule has 0 aromatic heterocycles. The van der Waals surface area contributed by atoms with E-state index < -0.39 is 0 Å². The molecule has 1 saturated heterocycles. The Morgan fingerprint density at radius 3 is 2.37 bits per heavy atom. The summed E-state index contributed by atoms with van der Waals surface area (Å²) >= 11 is 6.29. The Kier molecular flexibility index (Phi) is 3.53. The molecule has 2 fully saturated rings. The Bertz CT molecular complexity index is 470. The second-order valence-electron chi connectivity index (χ2n) is 6.02. The topological polar surface area (TPSA) is 20.3 Å². The van der Waals surface area contributed by atoms with E-state index >= 15 is 0 Å². The number of carbonyl (C=O) groups excluding carboxylic acids is 1. The fraction of sp³-hybridized carbons (Fsp3) is 0.562. The minimum Gasteiger partial charge on any atom is -0.370 e. The first-order valence-corrected chi connectivity index (χ1v) is 7.60. The molecule has 0 amide bonds. The highest BCUT2D eigenvalue weighted by Gasteiger charge is 2.37. The maximum absolute atomic E-state index is 10.7. The molecule has 0 radical (unpaired) electrons. The van der Waals surface area contributed by atoms with Crippen molar-refractivity contribution in [2.75, 3.05) is 18.0 Å². The van der Waals surface area contributed by atoms with Gasteiger partial charge < -0.3 is 4.90 Å². The van der Waals surface area contributed by atoms with Gasteiger partial charge in [0.05, 0.1) is 10.7 Å². The first-order valence-electron chi connectivity index (χ1n) is 7.22. The van der Waals surface area contributed by atoms with E-state index in [1.807, 2.05) is 12.1 Å². The van der Waals surface area contributed by atoms with E-state index in [1.165, 1.54) is 38.5 Å². The van der Waals surface area contributed by atoms with Crippen molar-refractivity contribution in [3.05, 3.63) is 28.8 Å². The number of benzene rings is 1. The Labute approximate surface area is 119 Å². The van der Waals surface area contributed by atoms with Crippen molar-refractivity contribution in [3.63, 3.8) is 0 Å². The Morgan fingerprint density at radius 2 is 1.79 bits per heavy atom. The molecule has 1 aliphatic heterocycles. The molecule has 1 aliphatic carbocycles. The predicted octanol–water partition coefficient (Wildman–Crippen LogP) is 4.31. The molecule has 0 unspecified atom stereocenters. The van der Waals surface area contributed by atoms with Crippen LogP contribution in [0.25, 0.3) is 0 Å². The van der Waals surface area contributed by atoms with Crippen LogP contribution in [0.2, 0.25) is 5.02 Å². The van der Waals surface area contributed by atoms with Gasteiger partial charge >= 0.3 is 0 Å². The molecular weight excluding hydrogens is 258 g/mol. The van der Waals surface area contributed by atoms with Crippen LogP contribution >= 0.6 is 11.6 Å². The largest absolute Gasteiger partial charge is 0.370 e. The van der Waals surface area contributed by atoms with Crippen LogP contribution < -0.4 is 4.90 Å². The lowest BCUT2D eigenvalue weighted by Gasteiger charge is -2.40. The quantitative estimate of drug-likeness (QED) is 0.751. The SMILES string of the molecule is O=Cc1ccc(N2CCC3(CCCC3)CC2)c(Cl)c1. The number of nitrogens with zero attached hydrogens (tertiary/aromatic N) is 1. The summed E-state index contributed by atoms with van der Waals surface area (Å²) in [6, 6.07) is 5.61. The molecule has 3 heteroatoms. The molecule has 2 nitrogen and oxygen atoms in total. The van der Waals surface area contributed by atoms with Crippen molar-refractivity contribution >= 4 is 23.6 Å². The molecule has 2 aliphatic rings. The van der Waals surface area contributed by atoms with Crippen LogP contribution in [0, 0.1) is 5.41 Å². The highest BCUT2D eigenvalue weighted by molar-refractivity contribution is 6.33. The van der Waals surface area contributed by atoms with Gasteiger partial charge in [-0.15, -0.1) is 0 Å². The van der Waals surface area contributed by atoms with Crippen LogP contribution in [0.3, 0.4) is 0 Å². The molecule has 102 valence electrons. The van der Waals surface area contributed by atoms with Crippen molar-refractivity contribution in [1.82, 2.24) is 0 Å². The van der Waals surface area contributed by atoms with Crippen LogP contribution in [0.15, 0.2) is 18.2 Å². The average molecular weight is 278 g/mol. The third-order valence-corrected chi connectivity index (χ3v) is 5.24. The monoisotopic (exact) mass is 277 g/mol. The molecule has 19 heavy (non-hydrogen) atoms. The van der Waals surface area contributed by atoms with E-state index in [4.69, 9.17) is 11.6 Å². The summed E-state index contributed by atoms with van der Waals surface area (Å²) in [6.07, 6.45) is 9.08. The van der Waals surface area contributed by atoms with Crippen LogP contribution in [0.4, 0.5) is 5.69 Å². The molecule has 1 heterocycles. The molecule has 1 spiro atoms. The zero-order valence-corrected chi connectivity index (χ0v) is 12.0. The average Bonchev–Trinajstić information content (AvgIpc) is 2.88. The molecule has 1 saturated carbocycles. The van der Waals surface area contributed by atoms with Gasteiger partial charge in [-0.1, -0.05) is 24.4 Å². The minimum atomic E-state index is 0.631. The minimum absolute atomic E-state index is 0.631. The third kappa shape index (κ3) is 2.51. The highest BCUT2D eigenvalue weighted by Crippen LogP contribution is 2.47. The highest BCUT2D eigenvalue weighted by atomic mass is 35.5. The van der Waals surface area contributed by atoms with E-state index in [1.54, 1.807) is 6.07 Å². The number of anilines is 1. The van der Waals surface area contributed by atoms with Gasteiger partial charge in [0.2, 0.25) is 0 Å². The van der Waals surface area contributed by atoms with Crippen LogP contribution in [-0.4, -0.2) is 19.4 Å². The van der Waals surface area contributed by atoms with E-state index in [0.29, 0.717) is 16.0 Å². The summed E-state index contributed by atoms with van der Waals surface area (Å²) in [4.78, 5) is 13.1. The number of hydrogen-bond acceptors (Lipinski definition) is 2. The normalized spacial score (nSPS) is 21.8. The summed E-state index contributed by atoms with van der Waals surface area (Å²) in [6.45, 7) is 2.19. The maximum atomic E-state index is 10.7. The zero-order chi connectivity index (χ0) is 13.3. The van der Waals surface area contributed by atoms with Gasteiger partial charge in [0, 0.05) is 18.7 Å². The Morgan fingerprint density at radius 1 is 1.11 bits per heavy atom. The smallest absolute Gasteiger partial charge is 0.150 e. The second-order valence-corrected chi connectivity index (χ2v) is 6.43. The van der Waals surface area contributed by atoms with E-state index in [-0.39, 0.29) is 0 Å². The van der Waals surface area contributed by atoms with E-state index in [0.717, 1.165) is 25.1 Å². The van der Waals surface area contributed by atoms with Gasteiger partial charge in [0.1, 0.15) is 6.29 Å². The van der Waals surface area contributed by atoms with Gasteiger partial charge in [-0.05, 0) is 49.3 Å². The van der Waals surface area contributed by atoms with Crippen molar-refractivity contribution in [1.29, 1.82) is 0 Å². The van der Waals surface area contributed by atoms with Crippen LogP contribution in [-0.2, 0) is 0 Å². The molecule has 1 aromatic rings. The van der Waals surface area contributed by atoms with E-state index in [2.05, 4.69) is 4.90 Å². The van der Waals surface area contributed by atoms with Crippen LogP contribution in [0.1, 0.15) is 48.9 Å². The molecule has 0 atom stereocenters. The van der Waals surface area contributed by atoms with Crippen LogP contribution in [0.5, 0.6) is 0 Å². The van der Waals surface area contributed by atoms with Crippen molar-refractivity contribution in [3.8, 4) is 0 Å². The van der Waals surface area contributed by atoms with Gasteiger partial charge in [-0.3, -0.25) is 4.79 Å². The van der Waals surface area contributed by atoms with Crippen molar-refractivity contribution in [2.45, 2.75) is 38.5 Å².